The van der Waals surface area contributed by atoms with Crippen LogP contribution in [0.15, 0.2) is 24.3 Å². The monoisotopic (exact) mass is 291 g/mol. The minimum absolute atomic E-state index is 0.0148. The fourth-order valence-electron chi connectivity index (χ4n) is 2.33. The van der Waals surface area contributed by atoms with Crippen LogP contribution in [0.5, 0.6) is 0 Å². The molecule has 4 heteroatoms. The minimum Gasteiger partial charge on any atom is -0.479 e. The SMILES string of the molecule is CCCN(C(C)=O)C(C(=O)O)c1ccc(C(C)(C)C)cc1. The van der Waals surface area contributed by atoms with E-state index in [1.54, 1.807) is 0 Å². The lowest BCUT2D eigenvalue weighted by molar-refractivity contribution is -0.149. The highest BCUT2D eigenvalue weighted by Gasteiger charge is 2.29. The molecule has 1 atom stereocenters. The summed E-state index contributed by atoms with van der Waals surface area (Å²) in [5.41, 5.74) is 1.79. The van der Waals surface area contributed by atoms with E-state index in [4.69, 9.17) is 0 Å². The molecule has 116 valence electrons. The first kappa shape index (κ1) is 17.2. The van der Waals surface area contributed by atoms with Gasteiger partial charge in [-0.05, 0) is 23.0 Å². The maximum atomic E-state index is 11.7. The molecule has 0 saturated carbocycles. The lowest BCUT2D eigenvalue weighted by Crippen LogP contribution is -2.38. The zero-order valence-electron chi connectivity index (χ0n) is 13.5. The van der Waals surface area contributed by atoms with Crippen molar-refractivity contribution >= 4 is 11.9 Å². The summed E-state index contributed by atoms with van der Waals surface area (Å²) in [6.07, 6.45) is 0.726. The van der Waals surface area contributed by atoms with Gasteiger partial charge in [0, 0.05) is 13.5 Å². The summed E-state index contributed by atoms with van der Waals surface area (Å²) < 4.78 is 0. The quantitative estimate of drug-likeness (QED) is 0.905. The van der Waals surface area contributed by atoms with Crippen LogP contribution in [0, 0.1) is 0 Å². The van der Waals surface area contributed by atoms with Crippen molar-refractivity contribution in [1.82, 2.24) is 4.90 Å². The number of carbonyl (C=O) groups is 2. The largest absolute Gasteiger partial charge is 0.479 e. The first-order chi connectivity index (χ1) is 9.68. The van der Waals surface area contributed by atoms with Gasteiger partial charge in [0.25, 0.3) is 0 Å². The normalized spacial score (nSPS) is 12.8. The van der Waals surface area contributed by atoms with Crippen molar-refractivity contribution in [3.8, 4) is 0 Å². The topological polar surface area (TPSA) is 57.6 Å². The Bertz CT molecular complexity index is 500. The van der Waals surface area contributed by atoms with Crippen molar-refractivity contribution < 1.29 is 14.7 Å². The molecular formula is C17H25NO3. The maximum absolute atomic E-state index is 11.7. The van der Waals surface area contributed by atoms with E-state index in [0.29, 0.717) is 12.1 Å². The molecule has 0 fully saturated rings. The Hall–Kier alpha value is -1.84. The average molecular weight is 291 g/mol. The molecule has 1 aromatic carbocycles. The summed E-state index contributed by atoms with van der Waals surface area (Å²) in [5.74, 6) is -1.22. The molecule has 1 N–H and O–H groups in total. The first-order valence-corrected chi connectivity index (χ1v) is 7.29. The van der Waals surface area contributed by atoms with E-state index in [9.17, 15) is 14.7 Å². The Morgan fingerprint density at radius 1 is 1.19 bits per heavy atom. The third kappa shape index (κ3) is 4.31. The highest BCUT2D eigenvalue weighted by atomic mass is 16.4. The van der Waals surface area contributed by atoms with Crippen LogP contribution in [-0.2, 0) is 15.0 Å². The Labute approximate surface area is 126 Å². The number of hydrogen-bond acceptors (Lipinski definition) is 2. The van der Waals surface area contributed by atoms with Crippen LogP contribution in [0.4, 0.5) is 0 Å². The van der Waals surface area contributed by atoms with E-state index >= 15 is 0 Å². The standard InChI is InChI=1S/C17H25NO3/c1-6-11-18(12(2)19)15(16(20)21)13-7-9-14(10-8-13)17(3,4)5/h7-10,15H,6,11H2,1-5H3,(H,20,21). The number of aliphatic carboxylic acids is 1. The van der Waals surface area contributed by atoms with Gasteiger partial charge >= 0.3 is 5.97 Å². The van der Waals surface area contributed by atoms with Gasteiger partial charge in [-0.3, -0.25) is 4.79 Å². The van der Waals surface area contributed by atoms with Gasteiger partial charge in [-0.1, -0.05) is 52.0 Å². The van der Waals surface area contributed by atoms with Gasteiger partial charge in [0.2, 0.25) is 5.91 Å². The van der Waals surface area contributed by atoms with Gasteiger partial charge in [0.15, 0.2) is 6.04 Å². The number of carboxylic acid groups (broad SMARTS) is 1. The second kappa shape index (κ2) is 6.74. The van der Waals surface area contributed by atoms with Crippen LogP contribution in [-0.4, -0.2) is 28.4 Å². The Morgan fingerprint density at radius 2 is 1.71 bits per heavy atom. The van der Waals surface area contributed by atoms with Crippen molar-refractivity contribution in [3.05, 3.63) is 35.4 Å². The molecular weight excluding hydrogens is 266 g/mol. The zero-order chi connectivity index (χ0) is 16.2. The van der Waals surface area contributed by atoms with Gasteiger partial charge in [0.1, 0.15) is 0 Å². The summed E-state index contributed by atoms with van der Waals surface area (Å²) in [6, 6.07) is 6.58. The summed E-state index contributed by atoms with van der Waals surface area (Å²) in [7, 11) is 0. The van der Waals surface area contributed by atoms with Crippen LogP contribution >= 0.6 is 0 Å². The van der Waals surface area contributed by atoms with Crippen LogP contribution in [0.1, 0.15) is 58.2 Å². The van der Waals surface area contributed by atoms with Crippen molar-refractivity contribution in [1.29, 1.82) is 0 Å². The van der Waals surface area contributed by atoms with Gasteiger partial charge < -0.3 is 10.0 Å². The smallest absolute Gasteiger partial charge is 0.331 e. The average Bonchev–Trinajstić information content (AvgIpc) is 2.37. The molecule has 0 saturated heterocycles. The predicted molar refractivity (Wildman–Crippen MR) is 83.2 cm³/mol. The number of amides is 1. The second-order valence-electron chi connectivity index (χ2n) is 6.33. The van der Waals surface area contributed by atoms with Crippen LogP contribution in [0.2, 0.25) is 0 Å². The first-order valence-electron chi connectivity index (χ1n) is 7.29. The molecule has 0 aliphatic carbocycles. The highest BCUT2D eigenvalue weighted by molar-refractivity contribution is 5.83. The predicted octanol–water partition coefficient (Wildman–Crippen LogP) is 3.37. The molecule has 0 bridgehead atoms. The summed E-state index contributed by atoms with van der Waals surface area (Å²) in [4.78, 5) is 24.8. The lowest BCUT2D eigenvalue weighted by atomic mass is 9.86. The number of hydrogen-bond donors (Lipinski definition) is 1. The molecule has 1 amide bonds. The molecule has 0 aliphatic heterocycles. The fraction of sp³-hybridized carbons (Fsp3) is 0.529. The lowest BCUT2D eigenvalue weighted by Gasteiger charge is -2.28. The van der Waals surface area contributed by atoms with E-state index in [1.807, 2.05) is 31.2 Å². The van der Waals surface area contributed by atoms with Gasteiger partial charge in [-0.25, -0.2) is 4.79 Å². The molecule has 0 aliphatic rings. The zero-order valence-corrected chi connectivity index (χ0v) is 13.5. The third-order valence-electron chi connectivity index (χ3n) is 3.51. The maximum Gasteiger partial charge on any atom is 0.331 e. The number of benzene rings is 1. The summed E-state index contributed by atoms with van der Waals surface area (Å²) >= 11 is 0. The Kier molecular flexibility index (Phi) is 5.53. The van der Waals surface area contributed by atoms with Crippen molar-refractivity contribution in [2.75, 3.05) is 6.54 Å². The number of rotatable bonds is 5. The number of carboxylic acids is 1. The Balaban J connectivity index is 3.17. The van der Waals surface area contributed by atoms with Gasteiger partial charge in [-0.2, -0.15) is 0 Å². The molecule has 21 heavy (non-hydrogen) atoms. The van der Waals surface area contributed by atoms with E-state index in [2.05, 4.69) is 20.8 Å². The molecule has 0 heterocycles. The van der Waals surface area contributed by atoms with E-state index < -0.39 is 12.0 Å². The molecule has 4 nitrogen and oxygen atoms in total. The van der Waals surface area contributed by atoms with Crippen LogP contribution < -0.4 is 0 Å². The van der Waals surface area contributed by atoms with E-state index in [-0.39, 0.29) is 11.3 Å². The van der Waals surface area contributed by atoms with E-state index in [1.165, 1.54) is 11.8 Å². The van der Waals surface area contributed by atoms with Crippen molar-refractivity contribution in [3.63, 3.8) is 0 Å². The third-order valence-corrected chi connectivity index (χ3v) is 3.51. The minimum atomic E-state index is -0.998. The Morgan fingerprint density at radius 3 is 2.05 bits per heavy atom. The molecule has 1 rings (SSSR count). The van der Waals surface area contributed by atoms with Crippen molar-refractivity contribution in [2.45, 2.75) is 52.5 Å². The molecule has 0 radical (unpaired) electrons. The number of carbonyl (C=O) groups excluding carboxylic acids is 1. The van der Waals surface area contributed by atoms with Crippen molar-refractivity contribution in [2.24, 2.45) is 0 Å². The molecule has 1 aromatic rings. The molecule has 0 aromatic heterocycles. The summed E-state index contributed by atoms with van der Waals surface area (Å²) in [5, 5.41) is 9.51. The highest BCUT2D eigenvalue weighted by Crippen LogP contribution is 2.26. The second-order valence-corrected chi connectivity index (χ2v) is 6.33. The van der Waals surface area contributed by atoms with Gasteiger partial charge in [0.05, 0.1) is 0 Å². The van der Waals surface area contributed by atoms with E-state index in [0.717, 1.165) is 12.0 Å². The van der Waals surface area contributed by atoms with Gasteiger partial charge in [-0.15, -0.1) is 0 Å². The summed E-state index contributed by atoms with van der Waals surface area (Å²) in [6.45, 7) is 10.1. The molecule has 1 unspecified atom stereocenters. The van der Waals surface area contributed by atoms with Crippen LogP contribution in [0.25, 0.3) is 0 Å². The number of nitrogens with zero attached hydrogens (tertiary/aromatic N) is 1. The van der Waals surface area contributed by atoms with Crippen LogP contribution in [0.3, 0.4) is 0 Å². The fourth-order valence-corrected chi connectivity index (χ4v) is 2.33. The molecule has 0 spiro atoms.